The zero-order valence-electron chi connectivity index (χ0n) is 8.68. The molecule has 0 heterocycles. The molecule has 15 heavy (non-hydrogen) atoms. The Hall–Kier alpha value is -0.730. The SMILES string of the molecule is Cc1cc(Cl)cc(C(=O)NC(C)CCl)c1. The highest BCUT2D eigenvalue weighted by molar-refractivity contribution is 6.31. The molecule has 2 nitrogen and oxygen atoms in total. The zero-order valence-corrected chi connectivity index (χ0v) is 10.2. The molecule has 0 aromatic heterocycles. The van der Waals surface area contributed by atoms with E-state index in [1.807, 2.05) is 19.9 Å². The average Bonchev–Trinajstić information content (AvgIpc) is 2.16. The van der Waals surface area contributed by atoms with Crippen molar-refractivity contribution < 1.29 is 4.79 Å². The van der Waals surface area contributed by atoms with Crippen LogP contribution in [0.4, 0.5) is 0 Å². The molecule has 0 spiro atoms. The minimum atomic E-state index is -0.145. The van der Waals surface area contributed by atoms with Gasteiger partial charge in [0.15, 0.2) is 0 Å². The zero-order chi connectivity index (χ0) is 11.4. The summed E-state index contributed by atoms with van der Waals surface area (Å²) >= 11 is 11.5. The van der Waals surface area contributed by atoms with Crippen molar-refractivity contribution in [3.05, 3.63) is 34.3 Å². The summed E-state index contributed by atoms with van der Waals surface area (Å²) in [7, 11) is 0. The standard InChI is InChI=1S/C11H13Cl2NO/c1-7-3-9(5-10(13)4-7)11(15)14-8(2)6-12/h3-5,8H,6H2,1-2H3,(H,14,15). The van der Waals surface area contributed by atoms with Gasteiger partial charge in [0.25, 0.3) is 5.91 Å². The van der Waals surface area contributed by atoms with Crippen LogP contribution in [0.1, 0.15) is 22.8 Å². The molecular formula is C11H13Cl2NO. The lowest BCUT2D eigenvalue weighted by atomic mass is 10.1. The Labute approximate surface area is 99.6 Å². The number of rotatable bonds is 3. The smallest absolute Gasteiger partial charge is 0.251 e. The second-order valence-corrected chi connectivity index (χ2v) is 4.29. The van der Waals surface area contributed by atoms with Crippen molar-refractivity contribution in [1.82, 2.24) is 5.32 Å². The molecule has 1 aromatic rings. The number of hydrogen-bond acceptors (Lipinski definition) is 1. The minimum absolute atomic E-state index is 0.0431. The van der Waals surface area contributed by atoms with Crippen molar-refractivity contribution in [2.75, 3.05) is 5.88 Å². The maximum absolute atomic E-state index is 11.7. The Morgan fingerprint density at radius 1 is 1.47 bits per heavy atom. The monoisotopic (exact) mass is 245 g/mol. The molecule has 1 atom stereocenters. The van der Waals surface area contributed by atoms with Crippen LogP contribution < -0.4 is 5.32 Å². The summed E-state index contributed by atoms with van der Waals surface area (Å²) < 4.78 is 0. The third kappa shape index (κ3) is 3.73. The fourth-order valence-corrected chi connectivity index (χ4v) is 1.58. The molecule has 0 saturated heterocycles. The highest BCUT2D eigenvalue weighted by atomic mass is 35.5. The Kier molecular flexibility index (Phi) is 4.43. The lowest BCUT2D eigenvalue weighted by Crippen LogP contribution is -2.33. The topological polar surface area (TPSA) is 29.1 Å². The molecule has 1 aromatic carbocycles. The van der Waals surface area contributed by atoms with Crippen molar-refractivity contribution in [2.24, 2.45) is 0 Å². The predicted octanol–water partition coefficient (Wildman–Crippen LogP) is 3.01. The first-order chi connectivity index (χ1) is 7.02. The van der Waals surface area contributed by atoms with E-state index in [2.05, 4.69) is 5.32 Å². The number of benzene rings is 1. The van der Waals surface area contributed by atoms with Gasteiger partial charge in [-0.2, -0.15) is 0 Å². The van der Waals surface area contributed by atoms with Crippen molar-refractivity contribution in [3.63, 3.8) is 0 Å². The predicted molar refractivity (Wildman–Crippen MR) is 63.8 cm³/mol. The minimum Gasteiger partial charge on any atom is -0.348 e. The average molecular weight is 246 g/mol. The van der Waals surface area contributed by atoms with E-state index in [1.165, 1.54) is 0 Å². The Morgan fingerprint density at radius 3 is 2.67 bits per heavy atom. The molecule has 0 aliphatic carbocycles. The lowest BCUT2D eigenvalue weighted by Gasteiger charge is -2.11. The summed E-state index contributed by atoms with van der Waals surface area (Å²) in [6.07, 6.45) is 0. The van der Waals surface area contributed by atoms with Crippen LogP contribution in [-0.4, -0.2) is 17.8 Å². The van der Waals surface area contributed by atoms with Gasteiger partial charge in [-0.05, 0) is 37.6 Å². The van der Waals surface area contributed by atoms with Crippen molar-refractivity contribution in [2.45, 2.75) is 19.9 Å². The van der Waals surface area contributed by atoms with Gasteiger partial charge in [-0.15, -0.1) is 11.6 Å². The van der Waals surface area contributed by atoms with Crippen LogP contribution in [0.5, 0.6) is 0 Å². The number of amides is 1. The molecule has 1 amide bonds. The van der Waals surface area contributed by atoms with Gasteiger partial charge in [-0.1, -0.05) is 11.6 Å². The quantitative estimate of drug-likeness (QED) is 0.816. The van der Waals surface area contributed by atoms with Gasteiger partial charge >= 0.3 is 0 Å². The molecule has 1 unspecified atom stereocenters. The van der Waals surface area contributed by atoms with Gasteiger partial charge in [0, 0.05) is 22.5 Å². The third-order valence-electron chi connectivity index (χ3n) is 1.91. The van der Waals surface area contributed by atoms with Gasteiger partial charge in [0.2, 0.25) is 0 Å². The molecule has 0 radical (unpaired) electrons. The molecule has 0 saturated carbocycles. The van der Waals surface area contributed by atoms with Crippen LogP contribution in [0, 0.1) is 6.92 Å². The van der Waals surface area contributed by atoms with Crippen molar-refractivity contribution >= 4 is 29.1 Å². The number of carbonyl (C=O) groups excluding carboxylic acids is 1. The number of aryl methyl sites for hydroxylation is 1. The molecule has 1 N–H and O–H groups in total. The van der Waals surface area contributed by atoms with Gasteiger partial charge in [-0.25, -0.2) is 0 Å². The van der Waals surface area contributed by atoms with Crippen molar-refractivity contribution in [3.8, 4) is 0 Å². The Morgan fingerprint density at radius 2 is 2.13 bits per heavy atom. The molecule has 0 bridgehead atoms. The first-order valence-corrected chi connectivity index (χ1v) is 5.58. The Balaban J connectivity index is 2.82. The first-order valence-electron chi connectivity index (χ1n) is 4.67. The number of hydrogen-bond donors (Lipinski definition) is 1. The van der Waals surface area contributed by atoms with E-state index in [1.54, 1.807) is 12.1 Å². The number of alkyl halides is 1. The summed E-state index contributed by atoms with van der Waals surface area (Å²) in [5, 5.41) is 3.34. The second-order valence-electron chi connectivity index (χ2n) is 3.55. The number of halogens is 2. The largest absolute Gasteiger partial charge is 0.348 e. The van der Waals surface area contributed by atoms with Crippen molar-refractivity contribution in [1.29, 1.82) is 0 Å². The van der Waals surface area contributed by atoms with E-state index in [9.17, 15) is 4.79 Å². The van der Waals surface area contributed by atoms with Crippen LogP contribution in [-0.2, 0) is 0 Å². The van der Waals surface area contributed by atoms with Gasteiger partial charge < -0.3 is 5.32 Å². The lowest BCUT2D eigenvalue weighted by molar-refractivity contribution is 0.0943. The van der Waals surface area contributed by atoms with E-state index < -0.39 is 0 Å². The van der Waals surface area contributed by atoms with Crippen LogP contribution in [0.25, 0.3) is 0 Å². The van der Waals surface area contributed by atoms with Crippen LogP contribution in [0.15, 0.2) is 18.2 Å². The molecule has 1 rings (SSSR count). The normalized spacial score (nSPS) is 12.3. The first kappa shape index (κ1) is 12.3. The molecular weight excluding hydrogens is 233 g/mol. The maximum atomic E-state index is 11.7. The van der Waals surface area contributed by atoms with E-state index in [0.717, 1.165) is 5.56 Å². The van der Waals surface area contributed by atoms with Crippen LogP contribution in [0.2, 0.25) is 5.02 Å². The van der Waals surface area contributed by atoms with Crippen LogP contribution in [0.3, 0.4) is 0 Å². The Bertz CT molecular complexity index is 345. The highest BCUT2D eigenvalue weighted by Gasteiger charge is 2.09. The molecule has 4 heteroatoms. The summed E-state index contributed by atoms with van der Waals surface area (Å²) in [6.45, 7) is 3.75. The van der Waals surface area contributed by atoms with Gasteiger partial charge in [0.1, 0.15) is 0 Å². The molecule has 0 aliphatic heterocycles. The van der Waals surface area contributed by atoms with Crippen LogP contribution >= 0.6 is 23.2 Å². The van der Waals surface area contributed by atoms with E-state index >= 15 is 0 Å². The summed E-state index contributed by atoms with van der Waals surface area (Å²) in [4.78, 5) is 11.7. The number of nitrogens with one attached hydrogen (secondary N) is 1. The summed E-state index contributed by atoms with van der Waals surface area (Å²) in [6, 6.07) is 5.20. The highest BCUT2D eigenvalue weighted by Crippen LogP contribution is 2.14. The van der Waals surface area contributed by atoms with Gasteiger partial charge in [0.05, 0.1) is 0 Å². The van der Waals surface area contributed by atoms with Gasteiger partial charge in [-0.3, -0.25) is 4.79 Å². The summed E-state index contributed by atoms with van der Waals surface area (Å²) in [5.74, 6) is 0.249. The third-order valence-corrected chi connectivity index (χ3v) is 2.59. The molecule has 0 fully saturated rings. The molecule has 0 aliphatic rings. The van der Waals surface area contributed by atoms with E-state index in [-0.39, 0.29) is 11.9 Å². The fraction of sp³-hybridized carbons (Fsp3) is 0.364. The maximum Gasteiger partial charge on any atom is 0.251 e. The van der Waals surface area contributed by atoms with E-state index in [4.69, 9.17) is 23.2 Å². The summed E-state index contributed by atoms with van der Waals surface area (Å²) in [5.41, 5.74) is 1.53. The van der Waals surface area contributed by atoms with E-state index in [0.29, 0.717) is 16.5 Å². The molecule has 82 valence electrons. The number of carbonyl (C=O) groups is 1. The second kappa shape index (κ2) is 5.38. The fourth-order valence-electron chi connectivity index (χ4n) is 1.21.